The summed E-state index contributed by atoms with van der Waals surface area (Å²) in [6.45, 7) is 0. The van der Waals surface area contributed by atoms with Crippen molar-refractivity contribution in [3.63, 3.8) is 0 Å². The minimum absolute atomic E-state index is 0.0231. The van der Waals surface area contributed by atoms with Crippen molar-refractivity contribution in [2.24, 2.45) is 5.73 Å². The molecule has 0 saturated heterocycles. The first-order chi connectivity index (χ1) is 7.04. The zero-order chi connectivity index (χ0) is 11.7. The zero-order valence-electron chi connectivity index (χ0n) is 7.83. The Hall–Kier alpha value is -1.96. The van der Waals surface area contributed by atoms with E-state index < -0.39 is 18.0 Å². The molecule has 1 unspecified atom stereocenters. The number of nitrogens with zero attached hydrogens (tertiary/aromatic N) is 2. The van der Waals surface area contributed by atoms with Crippen LogP contribution in [0.15, 0.2) is 12.4 Å². The van der Waals surface area contributed by atoms with E-state index in [4.69, 9.17) is 15.9 Å². The maximum absolute atomic E-state index is 9.99. The van der Waals surface area contributed by atoms with Crippen LogP contribution >= 0.6 is 0 Å². The van der Waals surface area contributed by atoms with Crippen molar-refractivity contribution < 1.29 is 19.8 Å². The summed E-state index contributed by atoms with van der Waals surface area (Å²) in [5.74, 6) is -2.20. The van der Waals surface area contributed by atoms with Gasteiger partial charge in [-0.05, 0) is 6.42 Å². The van der Waals surface area contributed by atoms with Crippen LogP contribution in [0, 0.1) is 0 Å². The van der Waals surface area contributed by atoms with Gasteiger partial charge in [-0.25, -0.2) is 0 Å². The van der Waals surface area contributed by atoms with E-state index in [2.05, 4.69) is 15.4 Å². The van der Waals surface area contributed by atoms with Gasteiger partial charge < -0.3 is 15.9 Å². The summed E-state index contributed by atoms with van der Waals surface area (Å²) in [6.07, 6.45) is 2.94. The lowest BCUT2D eigenvalue weighted by molar-refractivity contribution is -0.139. The number of H-pyrrole nitrogens is 1. The first-order valence-electron chi connectivity index (χ1n) is 4.04. The van der Waals surface area contributed by atoms with E-state index in [1.807, 2.05) is 0 Å². The molecule has 0 amide bonds. The van der Waals surface area contributed by atoms with Gasteiger partial charge in [0, 0.05) is 6.42 Å². The molecule has 0 radical (unpaired) electrons. The summed E-state index contributed by atoms with van der Waals surface area (Å²) in [5, 5.41) is 25.6. The molecule has 8 nitrogen and oxygen atoms in total. The Morgan fingerprint density at radius 1 is 1.33 bits per heavy atom. The van der Waals surface area contributed by atoms with Crippen LogP contribution in [0.25, 0.3) is 0 Å². The van der Waals surface area contributed by atoms with E-state index in [1.165, 1.54) is 0 Å². The van der Waals surface area contributed by atoms with Gasteiger partial charge in [-0.1, -0.05) is 0 Å². The van der Waals surface area contributed by atoms with Crippen LogP contribution < -0.4 is 5.73 Å². The topological polar surface area (TPSA) is 142 Å². The summed E-state index contributed by atoms with van der Waals surface area (Å²) in [6, 6.07) is -1.06. The third-order valence-electron chi connectivity index (χ3n) is 1.32. The molecule has 0 spiro atoms. The summed E-state index contributed by atoms with van der Waals surface area (Å²) in [7, 11) is 0. The summed E-state index contributed by atoms with van der Waals surface area (Å²) in [5.41, 5.74) is 5.00. The van der Waals surface area contributed by atoms with E-state index in [1.54, 1.807) is 12.4 Å². The second kappa shape index (κ2) is 7.44. The van der Waals surface area contributed by atoms with Gasteiger partial charge in [0.1, 0.15) is 6.04 Å². The molecule has 0 aliphatic carbocycles. The van der Waals surface area contributed by atoms with Crippen LogP contribution in [-0.4, -0.2) is 43.6 Å². The van der Waals surface area contributed by atoms with Crippen molar-refractivity contribution in [3.05, 3.63) is 12.4 Å². The lowest BCUT2D eigenvalue weighted by atomic mass is 10.2. The second-order valence-electron chi connectivity index (χ2n) is 2.53. The fraction of sp³-hybridized carbons (Fsp3) is 0.429. The van der Waals surface area contributed by atoms with E-state index in [-0.39, 0.29) is 12.8 Å². The van der Waals surface area contributed by atoms with Crippen LogP contribution in [0.5, 0.6) is 0 Å². The number of aromatic nitrogens is 3. The van der Waals surface area contributed by atoms with Gasteiger partial charge in [-0.15, -0.1) is 0 Å². The molecule has 1 rings (SSSR count). The fourth-order valence-electron chi connectivity index (χ4n) is 0.569. The van der Waals surface area contributed by atoms with Crippen LogP contribution in [0.1, 0.15) is 12.8 Å². The third-order valence-corrected chi connectivity index (χ3v) is 1.32. The minimum Gasteiger partial charge on any atom is -0.481 e. The molecule has 1 atom stereocenters. The van der Waals surface area contributed by atoms with Crippen LogP contribution in [-0.2, 0) is 9.59 Å². The number of aliphatic carboxylic acids is 2. The van der Waals surface area contributed by atoms with Crippen molar-refractivity contribution in [1.82, 2.24) is 15.4 Å². The molecule has 0 aliphatic heterocycles. The smallest absolute Gasteiger partial charge is 0.320 e. The SMILES string of the molecule is NC(CCC(=O)O)C(=O)O.c1cn[nH]n1. The maximum Gasteiger partial charge on any atom is 0.320 e. The number of aromatic amines is 1. The molecular formula is C7H12N4O4. The largest absolute Gasteiger partial charge is 0.481 e. The highest BCUT2D eigenvalue weighted by atomic mass is 16.4. The molecule has 1 aromatic heterocycles. The quantitative estimate of drug-likeness (QED) is 0.509. The highest BCUT2D eigenvalue weighted by Gasteiger charge is 2.12. The first-order valence-corrected chi connectivity index (χ1v) is 4.04. The molecule has 15 heavy (non-hydrogen) atoms. The highest BCUT2D eigenvalue weighted by molar-refractivity contribution is 5.74. The van der Waals surface area contributed by atoms with Crippen LogP contribution in [0.3, 0.4) is 0 Å². The number of carboxylic acids is 2. The second-order valence-corrected chi connectivity index (χ2v) is 2.53. The fourth-order valence-corrected chi connectivity index (χ4v) is 0.569. The summed E-state index contributed by atoms with van der Waals surface area (Å²) < 4.78 is 0. The predicted octanol–water partition coefficient (Wildman–Crippen LogP) is -0.932. The van der Waals surface area contributed by atoms with Gasteiger partial charge in [-0.3, -0.25) is 9.59 Å². The molecule has 1 aromatic rings. The lowest BCUT2D eigenvalue weighted by Gasteiger charge is -2.01. The summed E-state index contributed by atoms with van der Waals surface area (Å²) >= 11 is 0. The Balaban J connectivity index is 0.000000322. The van der Waals surface area contributed by atoms with E-state index in [0.29, 0.717) is 0 Å². The van der Waals surface area contributed by atoms with Gasteiger partial charge in [0.25, 0.3) is 0 Å². The van der Waals surface area contributed by atoms with Crippen molar-refractivity contribution in [1.29, 1.82) is 0 Å². The third kappa shape index (κ3) is 8.37. The first kappa shape index (κ1) is 13.0. The molecule has 84 valence electrons. The molecule has 8 heteroatoms. The van der Waals surface area contributed by atoms with E-state index in [9.17, 15) is 9.59 Å². The molecule has 0 saturated carbocycles. The standard InChI is InChI=1S/C5H9NO4.C2H3N3/c6-3(5(9)10)1-2-4(7)8;1-2-4-5-3-1/h3H,1-2,6H2,(H,7,8)(H,9,10);1-2H,(H,3,4,5). The number of carboxylic acid groups (broad SMARTS) is 2. The van der Waals surface area contributed by atoms with Gasteiger partial charge in [0.05, 0.1) is 12.4 Å². The van der Waals surface area contributed by atoms with Gasteiger partial charge in [0.15, 0.2) is 0 Å². The van der Waals surface area contributed by atoms with Gasteiger partial charge in [-0.2, -0.15) is 15.4 Å². The van der Waals surface area contributed by atoms with E-state index in [0.717, 1.165) is 0 Å². The number of hydrogen-bond acceptors (Lipinski definition) is 5. The molecule has 5 N–H and O–H groups in total. The average molecular weight is 216 g/mol. The minimum atomic E-state index is -1.17. The Morgan fingerprint density at radius 2 is 1.87 bits per heavy atom. The number of nitrogens with one attached hydrogen (secondary N) is 1. The molecule has 0 aliphatic rings. The molecule has 0 bridgehead atoms. The van der Waals surface area contributed by atoms with Crippen molar-refractivity contribution in [3.8, 4) is 0 Å². The number of hydrogen-bond donors (Lipinski definition) is 4. The monoisotopic (exact) mass is 216 g/mol. The van der Waals surface area contributed by atoms with Crippen LogP contribution in [0.4, 0.5) is 0 Å². The summed E-state index contributed by atoms with van der Waals surface area (Å²) in [4.78, 5) is 19.9. The Bertz CT molecular complexity index is 270. The van der Waals surface area contributed by atoms with Gasteiger partial charge >= 0.3 is 11.9 Å². The van der Waals surface area contributed by atoms with Crippen molar-refractivity contribution in [2.45, 2.75) is 18.9 Å². The average Bonchev–Trinajstić information content (AvgIpc) is 2.71. The number of rotatable bonds is 4. The number of carbonyl (C=O) groups is 2. The molecule has 1 heterocycles. The Kier molecular flexibility index (Phi) is 6.47. The van der Waals surface area contributed by atoms with Gasteiger partial charge in [0.2, 0.25) is 0 Å². The molecular weight excluding hydrogens is 204 g/mol. The van der Waals surface area contributed by atoms with Crippen molar-refractivity contribution in [2.75, 3.05) is 0 Å². The molecule has 0 aromatic carbocycles. The Morgan fingerprint density at radius 3 is 2.13 bits per heavy atom. The molecule has 0 fully saturated rings. The lowest BCUT2D eigenvalue weighted by Crippen LogP contribution is -2.30. The highest BCUT2D eigenvalue weighted by Crippen LogP contribution is 1.93. The van der Waals surface area contributed by atoms with Crippen molar-refractivity contribution >= 4 is 11.9 Å². The maximum atomic E-state index is 9.99. The normalized spacial score (nSPS) is 11.0. The predicted molar refractivity (Wildman–Crippen MR) is 48.9 cm³/mol. The van der Waals surface area contributed by atoms with E-state index >= 15 is 0 Å². The van der Waals surface area contributed by atoms with Crippen LogP contribution in [0.2, 0.25) is 0 Å². The Labute approximate surface area is 85.1 Å². The number of nitrogens with two attached hydrogens (primary N) is 1. The zero-order valence-corrected chi connectivity index (χ0v) is 7.83.